The fraction of sp³-hybridized carbons (Fsp3) is 0.304. The molecule has 1 aliphatic heterocycles. The maximum atomic E-state index is 13.1. The lowest BCUT2D eigenvalue weighted by Gasteiger charge is -2.26. The third-order valence-corrected chi connectivity index (χ3v) is 6.76. The fourth-order valence-electron chi connectivity index (χ4n) is 3.76. The van der Waals surface area contributed by atoms with Gasteiger partial charge in [-0.25, -0.2) is 4.68 Å². The van der Waals surface area contributed by atoms with Crippen molar-refractivity contribution in [3.8, 4) is 5.69 Å². The van der Waals surface area contributed by atoms with Crippen LogP contribution in [0.2, 0.25) is 0 Å². The fourth-order valence-corrected chi connectivity index (χ4v) is 5.01. The van der Waals surface area contributed by atoms with Gasteiger partial charge in [-0.15, -0.1) is 0 Å². The van der Waals surface area contributed by atoms with Crippen molar-refractivity contribution in [3.05, 3.63) is 75.5 Å². The molecule has 2 aromatic carbocycles. The highest BCUT2D eigenvalue weighted by Gasteiger charge is 2.20. The number of rotatable bonds is 5. The highest BCUT2D eigenvalue weighted by atomic mass is 79.9. The normalized spacial score (nSPS) is 14.6. The summed E-state index contributed by atoms with van der Waals surface area (Å²) in [5.41, 5.74) is 5.14. The molecule has 1 N–H and O–H groups in total. The highest BCUT2D eigenvalue weighted by molar-refractivity contribution is 9.10. The Kier molecular flexibility index (Phi) is 6.61. The van der Waals surface area contributed by atoms with Gasteiger partial charge in [-0.3, -0.25) is 9.69 Å². The van der Waals surface area contributed by atoms with Crippen molar-refractivity contribution in [1.29, 1.82) is 0 Å². The molecule has 0 aliphatic carbocycles. The van der Waals surface area contributed by atoms with Crippen molar-refractivity contribution < 1.29 is 4.79 Å². The minimum absolute atomic E-state index is 0.125. The molecule has 0 atom stereocenters. The summed E-state index contributed by atoms with van der Waals surface area (Å²) >= 11 is 5.47. The number of anilines is 1. The van der Waals surface area contributed by atoms with Crippen LogP contribution in [0.15, 0.2) is 53.0 Å². The van der Waals surface area contributed by atoms with Gasteiger partial charge in [0.15, 0.2) is 0 Å². The zero-order valence-electron chi connectivity index (χ0n) is 17.2. The Labute approximate surface area is 190 Å². The number of hydrogen-bond donors (Lipinski definition) is 1. The van der Waals surface area contributed by atoms with Gasteiger partial charge in [-0.1, -0.05) is 28.1 Å². The second-order valence-electron chi connectivity index (χ2n) is 7.48. The van der Waals surface area contributed by atoms with E-state index in [9.17, 15) is 4.79 Å². The number of carbonyl (C=O) groups is 1. The number of benzene rings is 2. The van der Waals surface area contributed by atoms with Crippen LogP contribution in [0.5, 0.6) is 0 Å². The minimum atomic E-state index is -0.125. The average Bonchev–Trinajstić information content (AvgIpc) is 3.03. The molecule has 0 radical (unpaired) electrons. The van der Waals surface area contributed by atoms with E-state index in [2.05, 4.69) is 43.4 Å². The van der Waals surface area contributed by atoms with Gasteiger partial charge in [0.2, 0.25) is 0 Å². The van der Waals surface area contributed by atoms with Crippen LogP contribution in [0.1, 0.15) is 27.3 Å². The SMILES string of the molecule is Cc1nn(-c2ccc(Br)cc2)c(C)c1C(=O)Nc1cccc(CN2CCSCC2)c1. The summed E-state index contributed by atoms with van der Waals surface area (Å²) in [5.74, 6) is 2.26. The van der Waals surface area contributed by atoms with Crippen molar-refractivity contribution >= 4 is 39.3 Å². The monoisotopic (exact) mass is 484 g/mol. The molecule has 4 rings (SSSR count). The van der Waals surface area contributed by atoms with Gasteiger partial charge < -0.3 is 5.32 Å². The molecule has 3 aromatic rings. The van der Waals surface area contributed by atoms with E-state index in [-0.39, 0.29) is 5.91 Å². The molecule has 1 amide bonds. The van der Waals surface area contributed by atoms with Crippen molar-refractivity contribution in [2.75, 3.05) is 29.9 Å². The van der Waals surface area contributed by atoms with Crippen molar-refractivity contribution in [2.24, 2.45) is 0 Å². The quantitative estimate of drug-likeness (QED) is 0.550. The molecule has 0 bridgehead atoms. The van der Waals surface area contributed by atoms with E-state index < -0.39 is 0 Å². The number of halogens is 1. The van der Waals surface area contributed by atoms with E-state index >= 15 is 0 Å². The highest BCUT2D eigenvalue weighted by Crippen LogP contribution is 2.22. The van der Waals surface area contributed by atoms with Crippen LogP contribution in [-0.2, 0) is 6.54 Å². The van der Waals surface area contributed by atoms with Crippen molar-refractivity contribution in [3.63, 3.8) is 0 Å². The van der Waals surface area contributed by atoms with Crippen LogP contribution in [0.25, 0.3) is 5.69 Å². The number of aromatic nitrogens is 2. The van der Waals surface area contributed by atoms with E-state index in [0.717, 1.165) is 46.9 Å². The lowest BCUT2D eigenvalue weighted by atomic mass is 10.1. The summed E-state index contributed by atoms with van der Waals surface area (Å²) in [6.45, 7) is 6.97. The van der Waals surface area contributed by atoms with Gasteiger partial charge in [0.1, 0.15) is 0 Å². The molecule has 30 heavy (non-hydrogen) atoms. The maximum absolute atomic E-state index is 13.1. The number of amides is 1. The van der Waals surface area contributed by atoms with Crippen molar-refractivity contribution in [2.45, 2.75) is 20.4 Å². The summed E-state index contributed by atoms with van der Waals surface area (Å²) in [7, 11) is 0. The predicted octanol–water partition coefficient (Wildman–Crippen LogP) is 5.05. The molecule has 1 fully saturated rings. The van der Waals surface area contributed by atoms with Crippen molar-refractivity contribution in [1.82, 2.24) is 14.7 Å². The second kappa shape index (κ2) is 9.37. The van der Waals surface area contributed by atoms with Gasteiger partial charge in [0.25, 0.3) is 5.91 Å². The van der Waals surface area contributed by atoms with Gasteiger partial charge in [0, 0.05) is 41.3 Å². The number of carbonyl (C=O) groups excluding carboxylic acids is 1. The molecular formula is C23H25BrN4OS. The van der Waals surface area contributed by atoms with E-state index in [4.69, 9.17) is 0 Å². The Morgan fingerprint density at radius 1 is 1.13 bits per heavy atom. The lowest BCUT2D eigenvalue weighted by molar-refractivity contribution is 0.102. The van der Waals surface area contributed by atoms with Crippen LogP contribution >= 0.6 is 27.7 Å². The Morgan fingerprint density at radius 2 is 1.87 bits per heavy atom. The van der Waals surface area contributed by atoms with Gasteiger partial charge in [0.05, 0.1) is 22.6 Å². The first-order valence-corrected chi connectivity index (χ1v) is 12.0. The molecule has 156 valence electrons. The average molecular weight is 485 g/mol. The van der Waals surface area contributed by atoms with E-state index in [1.54, 1.807) is 0 Å². The second-order valence-corrected chi connectivity index (χ2v) is 9.62. The zero-order chi connectivity index (χ0) is 21.1. The molecule has 0 saturated carbocycles. The van der Waals surface area contributed by atoms with Gasteiger partial charge in [-0.2, -0.15) is 16.9 Å². The van der Waals surface area contributed by atoms with E-state index in [1.165, 1.54) is 17.1 Å². The molecule has 1 saturated heterocycles. The third-order valence-electron chi connectivity index (χ3n) is 5.28. The van der Waals surface area contributed by atoms with Crippen LogP contribution in [0, 0.1) is 13.8 Å². The Balaban J connectivity index is 1.51. The first-order valence-electron chi connectivity index (χ1n) is 10.0. The number of thioether (sulfide) groups is 1. The molecule has 2 heterocycles. The Bertz CT molecular complexity index is 1040. The standard InChI is InChI=1S/C23H25BrN4OS/c1-16-22(17(2)28(26-16)21-8-6-19(24)7-9-21)23(29)25-20-5-3-4-18(14-20)15-27-10-12-30-13-11-27/h3-9,14H,10-13,15H2,1-2H3,(H,25,29). The number of aryl methyl sites for hydroxylation is 1. The molecule has 0 spiro atoms. The molecule has 1 aliphatic rings. The molecule has 1 aromatic heterocycles. The number of nitrogens with one attached hydrogen (secondary N) is 1. The third kappa shape index (κ3) is 4.79. The first kappa shape index (κ1) is 21.2. The Hall–Kier alpha value is -2.09. The zero-order valence-corrected chi connectivity index (χ0v) is 19.6. The lowest BCUT2D eigenvalue weighted by Crippen LogP contribution is -2.31. The summed E-state index contributed by atoms with van der Waals surface area (Å²) < 4.78 is 2.83. The molecule has 5 nitrogen and oxygen atoms in total. The van der Waals surface area contributed by atoms with Crippen LogP contribution < -0.4 is 5.32 Å². The summed E-state index contributed by atoms with van der Waals surface area (Å²) in [6, 6.07) is 16.0. The number of hydrogen-bond acceptors (Lipinski definition) is 4. The van der Waals surface area contributed by atoms with Gasteiger partial charge in [-0.05, 0) is 55.8 Å². The summed E-state index contributed by atoms with van der Waals surface area (Å²) in [5, 5.41) is 7.67. The predicted molar refractivity (Wildman–Crippen MR) is 128 cm³/mol. The largest absolute Gasteiger partial charge is 0.322 e. The van der Waals surface area contributed by atoms with E-state index in [0.29, 0.717) is 5.56 Å². The smallest absolute Gasteiger partial charge is 0.259 e. The Morgan fingerprint density at radius 3 is 2.60 bits per heavy atom. The molecule has 0 unspecified atom stereocenters. The summed E-state index contributed by atoms with van der Waals surface area (Å²) in [6.07, 6.45) is 0. The summed E-state index contributed by atoms with van der Waals surface area (Å²) in [4.78, 5) is 15.5. The molecule has 7 heteroatoms. The van der Waals surface area contributed by atoms with Crippen LogP contribution in [0.4, 0.5) is 5.69 Å². The minimum Gasteiger partial charge on any atom is -0.322 e. The number of nitrogens with zero attached hydrogens (tertiary/aromatic N) is 3. The van der Waals surface area contributed by atoms with E-state index in [1.807, 2.05) is 66.7 Å². The van der Waals surface area contributed by atoms with Crippen LogP contribution in [0.3, 0.4) is 0 Å². The molecular weight excluding hydrogens is 460 g/mol. The maximum Gasteiger partial charge on any atom is 0.259 e. The van der Waals surface area contributed by atoms with Crippen LogP contribution in [-0.4, -0.2) is 45.2 Å². The van der Waals surface area contributed by atoms with Gasteiger partial charge >= 0.3 is 0 Å². The topological polar surface area (TPSA) is 50.2 Å². The first-order chi connectivity index (χ1) is 14.5.